The predicted octanol–water partition coefficient (Wildman–Crippen LogP) is 15.2. The van der Waals surface area contributed by atoms with E-state index in [9.17, 15) is 0 Å². The monoisotopic (exact) mass is 888 g/mol. The smallest absolute Gasteiger partial charge is 0.135 e. The summed E-state index contributed by atoms with van der Waals surface area (Å²) in [5.41, 5.74) is 14.5. The number of hydrogen-bond acceptors (Lipinski definition) is 6. The summed E-state index contributed by atoms with van der Waals surface area (Å²) in [6.07, 6.45) is 8.50. The van der Waals surface area contributed by atoms with Crippen LogP contribution in [0.5, 0.6) is 23.0 Å². The summed E-state index contributed by atoms with van der Waals surface area (Å²) in [7, 11) is 6.72. The van der Waals surface area contributed by atoms with Crippen LogP contribution in [0.2, 0.25) is 0 Å². The summed E-state index contributed by atoms with van der Waals surface area (Å²) in [4.78, 5) is 0. The maximum absolute atomic E-state index is 6.86. The maximum atomic E-state index is 6.86. The fourth-order valence-electron chi connectivity index (χ4n) is 8.35. The molecule has 68 heavy (non-hydrogen) atoms. The summed E-state index contributed by atoms with van der Waals surface area (Å²) >= 11 is 0. The van der Waals surface area contributed by atoms with Crippen molar-refractivity contribution in [3.8, 4) is 67.5 Å². The van der Waals surface area contributed by atoms with E-state index in [4.69, 9.17) is 28.4 Å². The average molecular weight is 889 g/mol. The van der Waals surface area contributed by atoms with Crippen LogP contribution in [0, 0.1) is 0 Å². The minimum Gasteiger partial charge on any atom is -0.497 e. The molecule has 2 aliphatic heterocycles. The third-order valence-electron chi connectivity index (χ3n) is 12.3. The van der Waals surface area contributed by atoms with Gasteiger partial charge < -0.3 is 28.4 Å². The van der Waals surface area contributed by atoms with Crippen molar-refractivity contribution in [2.45, 2.75) is 0 Å². The van der Waals surface area contributed by atoms with E-state index < -0.39 is 0 Å². The van der Waals surface area contributed by atoms with Crippen LogP contribution in [0.25, 0.3) is 67.5 Å². The third-order valence-corrected chi connectivity index (χ3v) is 12.3. The molecule has 6 heteroatoms. The Morgan fingerprint density at radius 3 is 0.515 bits per heavy atom. The van der Waals surface area contributed by atoms with Gasteiger partial charge in [-0.25, -0.2) is 0 Å². The van der Waals surface area contributed by atoms with Gasteiger partial charge in [0.2, 0.25) is 0 Å². The Balaban J connectivity index is 1.07. The van der Waals surface area contributed by atoms with Gasteiger partial charge in [0.1, 0.15) is 46.0 Å². The molecule has 0 bridgehead atoms. The maximum Gasteiger partial charge on any atom is 0.135 e. The zero-order chi connectivity index (χ0) is 46.4. The van der Waals surface area contributed by atoms with Crippen molar-refractivity contribution in [1.29, 1.82) is 0 Å². The first-order valence-electron chi connectivity index (χ1n) is 22.4. The molecule has 6 nitrogen and oxygen atoms in total. The second kappa shape index (κ2) is 19.4. The molecule has 0 fully saturated rings. The molecule has 8 aromatic rings. The molecule has 2 aliphatic rings. The molecular weight excluding hydrogens is 841 g/mol. The Morgan fingerprint density at radius 2 is 0.353 bits per heavy atom. The third kappa shape index (κ3) is 9.35. The number of methoxy groups -OCH3 is 4. The van der Waals surface area contributed by atoms with Crippen LogP contribution < -0.4 is 18.9 Å². The van der Waals surface area contributed by atoms with Crippen LogP contribution in [0.3, 0.4) is 0 Å². The minimum absolute atomic E-state index is 0.731. The first-order valence-corrected chi connectivity index (χ1v) is 22.4. The molecule has 0 unspecified atom stereocenters. The molecule has 0 radical (unpaired) electrons. The number of ether oxygens (including phenoxy) is 6. The first kappa shape index (κ1) is 43.2. The lowest BCUT2D eigenvalue weighted by Crippen LogP contribution is -2.04. The second-order valence-corrected chi connectivity index (χ2v) is 16.4. The fraction of sp³-hybridized carbons (Fsp3) is 0.0645. The van der Waals surface area contributed by atoms with Gasteiger partial charge in [0, 0.05) is 22.3 Å². The van der Waals surface area contributed by atoms with Crippen LogP contribution in [-0.2, 0) is 9.47 Å². The molecule has 0 aromatic heterocycles. The SMILES string of the molecule is COc1ccc(-c2ccc(C3=CC(=C4C=C(c5ccc(-c6ccc(OC)cc6)cc5)OC(c5ccc(-c6ccc(OC)cc6)cc5)=C4)C=C(c4ccc(-c5ccc(OC)cc5)cc4)O3)cc2)cc1. The molecule has 0 N–H and O–H groups in total. The van der Waals surface area contributed by atoms with Crippen molar-refractivity contribution >= 4 is 23.0 Å². The second-order valence-electron chi connectivity index (χ2n) is 16.4. The van der Waals surface area contributed by atoms with Gasteiger partial charge >= 0.3 is 0 Å². The molecule has 8 aromatic carbocycles. The van der Waals surface area contributed by atoms with Gasteiger partial charge in [-0.3, -0.25) is 0 Å². The quantitative estimate of drug-likeness (QED) is 0.122. The van der Waals surface area contributed by atoms with Crippen LogP contribution in [0.4, 0.5) is 0 Å². The Hall–Kier alpha value is -8.74. The van der Waals surface area contributed by atoms with E-state index in [0.717, 1.165) is 124 Å². The Labute approximate surface area is 397 Å². The van der Waals surface area contributed by atoms with Crippen molar-refractivity contribution in [1.82, 2.24) is 0 Å². The van der Waals surface area contributed by atoms with Gasteiger partial charge in [-0.2, -0.15) is 0 Å². The Bertz CT molecular complexity index is 2770. The lowest BCUT2D eigenvalue weighted by molar-refractivity contribution is 0.415. The van der Waals surface area contributed by atoms with E-state index in [1.54, 1.807) is 28.4 Å². The Kier molecular flexibility index (Phi) is 12.3. The molecule has 332 valence electrons. The summed E-state index contributed by atoms with van der Waals surface area (Å²) in [5.74, 6) is 6.21. The predicted molar refractivity (Wildman–Crippen MR) is 275 cm³/mol. The highest BCUT2D eigenvalue weighted by molar-refractivity contribution is 5.85. The van der Waals surface area contributed by atoms with Gasteiger partial charge in [-0.1, -0.05) is 146 Å². The van der Waals surface area contributed by atoms with Crippen LogP contribution in [0.1, 0.15) is 22.3 Å². The van der Waals surface area contributed by atoms with Gasteiger partial charge in [-0.05, 0) is 128 Å². The van der Waals surface area contributed by atoms with E-state index >= 15 is 0 Å². The van der Waals surface area contributed by atoms with Crippen molar-refractivity contribution < 1.29 is 28.4 Å². The number of allylic oxidation sites excluding steroid dienone is 6. The summed E-state index contributed by atoms with van der Waals surface area (Å²) in [5, 5.41) is 0. The summed E-state index contributed by atoms with van der Waals surface area (Å²) < 4.78 is 35.3. The van der Waals surface area contributed by atoms with E-state index in [1.165, 1.54) is 0 Å². The first-order chi connectivity index (χ1) is 33.4. The molecule has 0 atom stereocenters. The van der Waals surface area contributed by atoms with E-state index in [-0.39, 0.29) is 0 Å². The molecule has 2 heterocycles. The fourth-order valence-corrected chi connectivity index (χ4v) is 8.35. The summed E-state index contributed by atoms with van der Waals surface area (Å²) in [6, 6.07) is 66.4. The molecule has 0 aliphatic carbocycles. The molecule has 0 spiro atoms. The van der Waals surface area contributed by atoms with Gasteiger partial charge in [0.25, 0.3) is 0 Å². The summed E-state index contributed by atoms with van der Waals surface area (Å²) in [6.45, 7) is 0. The average Bonchev–Trinajstić information content (AvgIpc) is 3.43. The minimum atomic E-state index is 0.731. The molecule has 0 amide bonds. The van der Waals surface area contributed by atoms with Crippen molar-refractivity contribution in [3.63, 3.8) is 0 Å². The van der Waals surface area contributed by atoms with Crippen LogP contribution >= 0.6 is 0 Å². The largest absolute Gasteiger partial charge is 0.497 e. The normalized spacial score (nSPS) is 13.2. The lowest BCUT2D eigenvalue weighted by atomic mass is 9.95. The molecule has 10 rings (SSSR count). The number of hydrogen-bond donors (Lipinski definition) is 0. The standard InChI is InChI=1S/C62H48O6/c1-63-55-29-21-45(22-30-55)41-5-13-49(14-6-41)59-37-53(38-60(67-59)50-15-7-42(8-16-50)46-23-31-56(64-2)32-24-46)54-39-61(51-17-9-43(10-18-51)47-25-33-57(65-3)34-26-47)68-62(40-54)52-19-11-44(12-20-52)48-27-35-58(66-4)36-28-48/h5-40H,1-4H3. The molecule has 0 saturated carbocycles. The van der Waals surface area contributed by atoms with E-state index in [1.807, 2.05) is 48.5 Å². The number of benzene rings is 8. The van der Waals surface area contributed by atoms with Crippen molar-refractivity contribution in [2.75, 3.05) is 28.4 Å². The Morgan fingerprint density at radius 1 is 0.206 bits per heavy atom. The van der Waals surface area contributed by atoms with Crippen LogP contribution in [-0.4, -0.2) is 28.4 Å². The van der Waals surface area contributed by atoms with Crippen molar-refractivity contribution in [2.24, 2.45) is 0 Å². The van der Waals surface area contributed by atoms with Gasteiger partial charge in [0.05, 0.1) is 28.4 Å². The molecule has 0 saturated heterocycles. The lowest BCUT2D eigenvalue weighted by Gasteiger charge is -2.23. The highest BCUT2D eigenvalue weighted by Crippen LogP contribution is 2.40. The van der Waals surface area contributed by atoms with Crippen LogP contribution in [0.15, 0.2) is 230 Å². The van der Waals surface area contributed by atoms with Gasteiger partial charge in [0.15, 0.2) is 0 Å². The highest BCUT2D eigenvalue weighted by Gasteiger charge is 2.22. The van der Waals surface area contributed by atoms with Gasteiger partial charge in [-0.15, -0.1) is 0 Å². The molecular formula is C62H48O6. The zero-order valence-electron chi connectivity index (χ0n) is 38.2. The zero-order valence-corrected chi connectivity index (χ0v) is 38.2. The van der Waals surface area contributed by atoms with E-state index in [2.05, 4.69) is 170 Å². The van der Waals surface area contributed by atoms with Crippen molar-refractivity contribution in [3.05, 3.63) is 252 Å². The highest BCUT2D eigenvalue weighted by atomic mass is 16.5. The number of rotatable bonds is 12. The van der Waals surface area contributed by atoms with E-state index in [0.29, 0.717) is 0 Å². The topological polar surface area (TPSA) is 55.4 Å².